The highest BCUT2D eigenvalue weighted by Gasteiger charge is 2.23. The van der Waals surface area contributed by atoms with E-state index in [-0.39, 0.29) is 11.9 Å². The molecule has 1 aliphatic rings. The zero-order valence-electron chi connectivity index (χ0n) is 17.3. The third-order valence-electron chi connectivity index (χ3n) is 4.86. The molecule has 0 radical (unpaired) electrons. The second kappa shape index (κ2) is 11.0. The molecule has 1 atom stereocenters. The summed E-state index contributed by atoms with van der Waals surface area (Å²) in [6, 6.07) is 17.6. The fraction of sp³-hybridized carbons (Fsp3) is 0.333. The number of amides is 2. The molecule has 0 saturated carbocycles. The van der Waals surface area contributed by atoms with E-state index in [1.807, 2.05) is 54.6 Å². The van der Waals surface area contributed by atoms with E-state index in [4.69, 9.17) is 9.47 Å². The number of ether oxygens (including phenoxy) is 2. The van der Waals surface area contributed by atoms with Crippen molar-refractivity contribution in [3.05, 3.63) is 71.8 Å². The first-order valence-electron chi connectivity index (χ1n) is 10.3. The van der Waals surface area contributed by atoms with Gasteiger partial charge in [0, 0.05) is 25.2 Å². The van der Waals surface area contributed by atoms with Crippen molar-refractivity contribution in [1.82, 2.24) is 10.2 Å². The minimum Gasteiger partial charge on any atom is -0.489 e. The molecule has 1 fully saturated rings. The first kappa shape index (κ1) is 21.4. The predicted molar refractivity (Wildman–Crippen MR) is 116 cm³/mol. The highest BCUT2D eigenvalue weighted by molar-refractivity contribution is 5.92. The summed E-state index contributed by atoms with van der Waals surface area (Å²) in [5, 5.41) is 2.82. The Labute approximate surface area is 177 Å². The van der Waals surface area contributed by atoms with Crippen molar-refractivity contribution in [2.75, 3.05) is 19.7 Å². The van der Waals surface area contributed by atoms with Crippen LogP contribution in [0, 0.1) is 0 Å². The molecule has 0 spiro atoms. The SMILES string of the molecule is CCOC(=O)NC1CCCN(C(=O)/C=C/c2cccc(OCc3ccccc3)c2)C1. The molecule has 0 aromatic heterocycles. The summed E-state index contributed by atoms with van der Waals surface area (Å²) in [6.45, 7) is 3.77. The Hall–Kier alpha value is -3.28. The van der Waals surface area contributed by atoms with Crippen LogP contribution in [0.3, 0.4) is 0 Å². The number of benzene rings is 2. The van der Waals surface area contributed by atoms with Crippen molar-refractivity contribution < 1.29 is 19.1 Å². The van der Waals surface area contributed by atoms with E-state index in [0.717, 1.165) is 29.7 Å². The van der Waals surface area contributed by atoms with Gasteiger partial charge in [0.15, 0.2) is 0 Å². The molecule has 1 N–H and O–H groups in total. The van der Waals surface area contributed by atoms with Crippen LogP contribution in [0.5, 0.6) is 5.75 Å². The number of nitrogens with zero attached hydrogens (tertiary/aromatic N) is 1. The van der Waals surface area contributed by atoms with Gasteiger partial charge in [-0.1, -0.05) is 42.5 Å². The maximum absolute atomic E-state index is 12.6. The maximum Gasteiger partial charge on any atom is 0.407 e. The van der Waals surface area contributed by atoms with Crippen LogP contribution in [0.1, 0.15) is 30.9 Å². The number of piperidine rings is 1. The average molecular weight is 408 g/mol. The van der Waals surface area contributed by atoms with Crippen molar-refractivity contribution >= 4 is 18.1 Å². The largest absolute Gasteiger partial charge is 0.489 e. The van der Waals surface area contributed by atoms with Gasteiger partial charge in [-0.15, -0.1) is 0 Å². The summed E-state index contributed by atoms with van der Waals surface area (Å²) in [4.78, 5) is 26.0. The molecule has 1 unspecified atom stereocenters. The van der Waals surface area contributed by atoms with Crippen LogP contribution in [-0.4, -0.2) is 42.6 Å². The van der Waals surface area contributed by atoms with E-state index in [1.54, 1.807) is 24.0 Å². The molecule has 6 nitrogen and oxygen atoms in total. The molecule has 30 heavy (non-hydrogen) atoms. The summed E-state index contributed by atoms with van der Waals surface area (Å²) in [5.74, 6) is 0.686. The minimum atomic E-state index is -0.431. The van der Waals surface area contributed by atoms with Crippen molar-refractivity contribution in [3.63, 3.8) is 0 Å². The molecular formula is C24H28N2O4. The first-order chi connectivity index (χ1) is 14.6. The maximum atomic E-state index is 12.6. The van der Waals surface area contributed by atoms with E-state index in [0.29, 0.717) is 26.3 Å². The van der Waals surface area contributed by atoms with Crippen molar-refractivity contribution in [2.45, 2.75) is 32.4 Å². The number of carbonyl (C=O) groups excluding carboxylic acids is 2. The summed E-state index contributed by atoms with van der Waals surface area (Å²) >= 11 is 0. The fourth-order valence-electron chi connectivity index (χ4n) is 3.36. The molecule has 3 rings (SSSR count). The van der Waals surface area contributed by atoms with Gasteiger partial charge in [0.25, 0.3) is 0 Å². The molecule has 1 saturated heterocycles. The quantitative estimate of drug-likeness (QED) is 0.703. The van der Waals surface area contributed by atoms with Crippen molar-refractivity contribution in [3.8, 4) is 5.75 Å². The Morgan fingerprint density at radius 2 is 2.00 bits per heavy atom. The number of likely N-dealkylation sites (tertiary alicyclic amines) is 1. The third kappa shape index (κ3) is 6.65. The van der Waals surface area contributed by atoms with Crippen LogP contribution in [-0.2, 0) is 16.1 Å². The van der Waals surface area contributed by atoms with Gasteiger partial charge in [-0.05, 0) is 49.1 Å². The number of rotatable bonds is 7. The lowest BCUT2D eigenvalue weighted by Crippen LogP contribution is -2.49. The number of hydrogen-bond donors (Lipinski definition) is 1. The lowest BCUT2D eigenvalue weighted by atomic mass is 10.1. The fourth-order valence-corrected chi connectivity index (χ4v) is 3.36. The van der Waals surface area contributed by atoms with Gasteiger partial charge in [-0.2, -0.15) is 0 Å². The number of nitrogens with one attached hydrogen (secondary N) is 1. The van der Waals surface area contributed by atoms with E-state index in [2.05, 4.69) is 5.32 Å². The molecule has 2 amide bonds. The van der Waals surface area contributed by atoms with E-state index >= 15 is 0 Å². The predicted octanol–water partition coefficient (Wildman–Crippen LogP) is 4.02. The van der Waals surface area contributed by atoms with Gasteiger partial charge in [-0.25, -0.2) is 4.79 Å². The second-order valence-electron chi connectivity index (χ2n) is 7.17. The Kier molecular flexibility index (Phi) is 7.89. The van der Waals surface area contributed by atoms with Gasteiger partial charge in [0.2, 0.25) is 5.91 Å². The third-order valence-corrected chi connectivity index (χ3v) is 4.86. The van der Waals surface area contributed by atoms with Gasteiger partial charge in [0.05, 0.1) is 6.61 Å². The zero-order chi connectivity index (χ0) is 21.2. The summed E-state index contributed by atoms with van der Waals surface area (Å²) < 4.78 is 10.8. The van der Waals surface area contributed by atoms with E-state index in [9.17, 15) is 9.59 Å². The van der Waals surface area contributed by atoms with Crippen LogP contribution in [0.15, 0.2) is 60.7 Å². The monoisotopic (exact) mass is 408 g/mol. The van der Waals surface area contributed by atoms with Crippen LogP contribution in [0.4, 0.5) is 4.79 Å². The lowest BCUT2D eigenvalue weighted by Gasteiger charge is -2.32. The molecule has 1 heterocycles. The van der Waals surface area contributed by atoms with Crippen LogP contribution in [0.2, 0.25) is 0 Å². The second-order valence-corrected chi connectivity index (χ2v) is 7.17. The normalized spacial score (nSPS) is 16.3. The molecule has 158 valence electrons. The topological polar surface area (TPSA) is 67.9 Å². The van der Waals surface area contributed by atoms with Crippen LogP contribution < -0.4 is 10.1 Å². The number of carbonyl (C=O) groups is 2. The smallest absolute Gasteiger partial charge is 0.407 e. The lowest BCUT2D eigenvalue weighted by molar-refractivity contribution is -0.127. The Bertz CT molecular complexity index is 867. The van der Waals surface area contributed by atoms with Crippen LogP contribution >= 0.6 is 0 Å². The summed E-state index contributed by atoms with van der Waals surface area (Å²) in [5.41, 5.74) is 2.00. The summed E-state index contributed by atoms with van der Waals surface area (Å²) in [7, 11) is 0. The Balaban J connectivity index is 1.53. The van der Waals surface area contributed by atoms with E-state index < -0.39 is 6.09 Å². The first-order valence-corrected chi connectivity index (χ1v) is 10.3. The molecular weight excluding hydrogens is 380 g/mol. The van der Waals surface area contributed by atoms with Gasteiger partial charge >= 0.3 is 6.09 Å². The van der Waals surface area contributed by atoms with Gasteiger partial charge in [0.1, 0.15) is 12.4 Å². The average Bonchev–Trinajstić information content (AvgIpc) is 2.77. The number of alkyl carbamates (subject to hydrolysis) is 1. The van der Waals surface area contributed by atoms with Gasteiger partial charge < -0.3 is 19.7 Å². The minimum absolute atomic E-state index is 0.0686. The van der Waals surface area contributed by atoms with Gasteiger partial charge in [-0.3, -0.25) is 4.79 Å². The molecule has 2 aromatic rings. The zero-order valence-corrected chi connectivity index (χ0v) is 17.3. The highest BCUT2D eigenvalue weighted by Crippen LogP contribution is 2.17. The molecule has 6 heteroatoms. The Morgan fingerprint density at radius 1 is 1.17 bits per heavy atom. The van der Waals surface area contributed by atoms with Crippen molar-refractivity contribution in [2.24, 2.45) is 0 Å². The molecule has 2 aromatic carbocycles. The van der Waals surface area contributed by atoms with Crippen molar-refractivity contribution in [1.29, 1.82) is 0 Å². The highest BCUT2D eigenvalue weighted by atomic mass is 16.5. The Morgan fingerprint density at radius 3 is 2.80 bits per heavy atom. The van der Waals surface area contributed by atoms with E-state index in [1.165, 1.54) is 0 Å². The van der Waals surface area contributed by atoms with Crippen LogP contribution in [0.25, 0.3) is 6.08 Å². The standard InChI is InChI=1S/C24H28N2O4/c1-2-29-24(28)25-21-11-7-15-26(17-21)23(27)14-13-19-10-6-12-22(16-19)30-18-20-8-4-3-5-9-20/h3-6,8-10,12-14,16,21H,2,7,11,15,17-18H2,1H3,(H,25,28)/b14-13+. The molecule has 0 aliphatic carbocycles. The number of hydrogen-bond acceptors (Lipinski definition) is 4. The molecule has 1 aliphatic heterocycles. The summed E-state index contributed by atoms with van der Waals surface area (Å²) in [6.07, 6.45) is 4.62. The molecule has 0 bridgehead atoms.